The van der Waals surface area contributed by atoms with Gasteiger partial charge in [0.05, 0.1) is 5.41 Å². The highest BCUT2D eigenvalue weighted by molar-refractivity contribution is 7.14. The standard InChI is InChI=1S/C28H23N3O2S/c1-28(15-22-18-11-5-7-13-20(18)24(28)21-14-8-6-12-19(21)22)26(33)31-27-30-23(16-34-27)25(32)29-17-9-3-2-4-10-17/h2-14,16,22,24H,15H2,1H3,(H,29,32)(H,30,31,33). The van der Waals surface area contributed by atoms with Gasteiger partial charge in [0.25, 0.3) is 5.91 Å². The van der Waals surface area contributed by atoms with Crippen LogP contribution < -0.4 is 10.6 Å². The van der Waals surface area contributed by atoms with Crippen molar-refractivity contribution in [2.75, 3.05) is 10.6 Å². The summed E-state index contributed by atoms with van der Waals surface area (Å²) < 4.78 is 0. The van der Waals surface area contributed by atoms with Gasteiger partial charge >= 0.3 is 0 Å². The second kappa shape index (κ2) is 7.92. The minimum absolute atomic E-state index is 0.0225. The molecule has 3 aromatic carbocycles. The first-order valence-corrected chi connectivity index (χ1v) is 12.2. The average molecular weight is 466 g/mol. The van der Waals surface area contributed by atoms with Crippen molar-refractivity contribution in [3.05, 3.63) is 112 Å². The lowest BCUT2D eigenvalue weighted by Gasteiger charge is -2.50. The minimum atomic E-state index is -0.620. The molecule has 5 nitrogen and oxygen atoms in total. The molecule has 168 valence electrons. The van der Waals surface area contributed by atoms with Gasteiger partial charge in [0.1, 0.15) is 5.69 Å². The summed E-state index contributed by atoms with van der Waals surface area (Å²) in [5.74, 6) is -0.188. The van der Waals surface area contributed by atoms with E-state index in [0.29, 0.717) is 10.8 Å². The van der Waals surface area contributed by atoms with E-state index in [1.54, 1.807) is 5.38 Å². The molecule has 3 aliphatic rings. The number of carbonyl (C=O) groups excluding carboxylic acids is 2. The molecule has 0 spiro atoms. The van der Waals surface area contributed by atoms with E-state index in [9.17, 15) is 9.59 Å². The Labute approximate surface area is 201 Å². The Balaban J connectivity index is 1.27. The number of hydrogen-bond donors (Lipinski definition) is 2. The number of benzene rings is 3. The van der Waals surface area contributed by atoms with E-state index in [1.807, 2.05) is 30.3 Å². The van der Waals surface area contributed by atoms with Crippen molar-refractivity contribution >= 4 is 34.0 Å². The van der Waals surface area contributed by atoms with Crippen LogP contribution in [0.25, 0.3) is 0 Å². The summed E-state index contributed by atoms with van der Waals surface area (Å²) in [5, 5.41) is 7.97. The predicted octanol–water partition coefficient (Wildman–Crippen LogP) is 6.02. The van der Waals surface area contributed by atoms with Crippen molar-refractivity contribution in [2.24, 2.45) is 5.41 Å². The SMILES string of the molecule is CC1(C(=O)Nc2nc(C(=O)Nc3ccccc3)cs2)CC2c3ccccc3C1c1ccccc12. The number of nitrogens with zero attached hydrogens (tertiary/aromatic N) is 1. The van der Waals surface area contributed by atoms with E-state index in [1.165, 1.54) is 33.6 Å². The highest BCUT2D eigenvalue weighted by atomic mass is 32.1. The fourth-order valence-corrected chi connectivity index (χ4v) is 6.27. The third kappa shape index (κ3) is 3.25. The summed E-state index contributed by atoms with van der Waals surface area (Å²) in [7, 11) is 0. The van der Waals surface area contributed by atoms with Crippen LogP contribution in [0.5, 0.6) is 0 Å². The molecule has 6 heteroatoms. The molecular weight excluding hydrogens is 442 g/mol. The zero-order valence-electron chi connectivity index (χ0n) is 18.6. The molecular formula is C28H23N3O2S. The molecule has 1 aromatic heterocycles. The molecule has 34 heavy (non-hydrogen) atoms. The summed E-state index contributed by atoms with van der Waals surface area (Å²) in [5.41, 5.74) is 5.49. The number of anilines is 2. The van der Waals surface area contributed by atoms with Crippen LogP contribution >= 0.6 is 11.3 Å². The van der Waals surface area contributed by atoms with Crippen LogP contribution in [0, 0.1) is 5.41 Å². The number of thiazole rings is 1. The molecule has 0 saturated heterocycles. The van der Waals surface area contributed by atoms with Crippen LogP contribution in [0.15, 0.2) is 84.2 Å². The Bertz CT molecular complexity index is 1370. The number of amides is 2. The van der Waals surface area contributed by atoms with Crippen LogP contribution in [0.1, 0.15) is 57.9 Å². The number of carbonyl (C=O) groups is 2. The van der Waals surface area contributed by atoms with E-state index in [-0.39, 0.29) is 29.3 Å². The maximum Gasteiger partial charge on any atom is 0.275 e. The lowest BCUT2D eigenvalue weighted by Crippen LogP contribution is -2.47. The van der Waals surface area contributed by atoms with Gasteiger partial charge in [-0.05, 0) is 47.7 Å². The molecule has 0 radical (unpaired) electrons. The van der Waals surface area contributed by atoms with Crippen molar-refractivity contribution < 1.29 is 9.59 Å². The largest absolute Gasteiger partial charge is 0.321 e. The zero-order valence-corrected chi connectivity index (χ0v) is 19.4. The Kier molecular flexibility index (Phi) is 4.85. The highest BCUT2D eigenvalue weighted by Gasteiger charge is 2.53. The van der Waals surface area contributed by atoms with E-state index in [2.05, 4.69) is 71.1 Å². The number of para-hydroxylation sites is 1. The van der Waals surface area contributed by atoms with E-state index in [0.717, 1.165) is 6.42 Å². The van der Waals surface area contributed by atoms with Gasteiger partial charge in [-0.1, -0.05) is 66.7 Å². The number of aromatic nitrogens is 1. The first-order valence-electron chi connectivity index (χ1n) is 11.4. The molecule has 2 N–H and O–H groups in total. The second-order valence-corrected chi connectivity index (χ2v) is 10.0. The maximum absolute atomic E-state index is 13.7. The summed E-state index contributed by atoms with van der Waals surface area (Å²) in [4.78, 5) is 30.7. The Morgan fingerprint density at radius 2 is 1.44 bits per heavy atom. The zero-order chi connectivity index (χ0) is 23.3. The van der Waals surface area contributed by atoms with Crippen LogP contribution in [-0.2, 0) is 4.79 Å². The molecule has 4 aromatic rings. The summed E-state index contributed by atoms with van der Waals surface area (Å²) in [6, 6.07) is 26.2. The summed E-state index contributed by atoms with van der Waals surface area (Å²) in [6.45, 7) is 2.06. The molecule has 2 amide bonds. The molecule has 1 unspecified atom stereocenters. The monoisotopic (exact) mass is 465 g/mol. The normalized spacial score (nSPS) is 21.9. The third-order valence-electron chi connectivity index (χ3n) is 7.14. The fourth-order valence-electron chi connectivity index (χ4n) is 5.58. The van der Waals surface area contributed by atoms with Crippen LogP contribution in [-0.4, -0.2) is 16.8 Å². The lowest BCUT2D eigenvalue weighted by atomic mass is 9.52. The number of nitrogens with one attached hydrogen (secondary N) is 2. The minimum Gasteiger partial charge on any atom is -0.321 e. The quantitative estimate of drug-likeness (QED) is 0.387. The summed E-state index contributed by atoms with van der Waals surface area (Å²) >= 11 is 1.27. The second-order valence-electron chi connectivity index (χ2n) is 9.18. The molecule has 7 rings (SSSR count). The van der Waals surface area contributed by atoms with E-state index >= 15 is 0 Å². The van der Waals surface area contributed by atoms with Gasteiger partial charge in [0.2, 0.25) is 5.91 Å². The third-order valence-corrected chi connectivity index (χ3v) is 7.90. The van der Waals surface area contributed by atoms with Gasteiger partial charge in [-0.3, -0.25) is 9.59 Å². The van der Waals surface area contributed by atoms with Crippen LogP contribution in [0.3, 0.4) is 0 Å². The van der Waals surface area contributed by atoms with E-state index in [4.69, 9.17) is 0 Å². The van der Waals surface area contributed by atoms with Crippen molar-refractivity contribution in [3.8, 4) is 0 Å². The van der Waals surface area contributed by atoms with Crippen LogP contribution in [0.4, 0.5) is 10.8 Å². The topological polar surface area (TPSA) is 71.1 Å². The Hall–Kier alpha value is -3.77. The number of fused-ring (bicyclic) bond motifs is 1. The van der Waals surface area contributed by atoms with Crippen LogP contribution in [0.2, 0.25) is 0 Å². The first-order chi connectivity index (χ1) is 16.5. The number of hydrogen-bond acceptors (Lipinski definition) is 4. The van der Waals surface area contributed by atoms with Crippen molar-refractivity contribution in [3.63, 3.8) is 0 Å². The fraction of sp³-hybridized carbons (Fsp3) is 0.179. The molecule has 0 fully saturated rings. The number of rotatable bonds is 4. The maximum atomic E-state index is 13.7. The molecule has 0 aliphatic heterocycles. The Morgan fingerprint density at radius 3 is 2.09 bits per heavy atom. The molecule has 1 atom stereocenters. The Morgan fingerprint density at radius 1 is 0.853 bits per heavy atom. The molecule has 1 heterocycles. The van der Waals surface area contributed by atoms with Crippen molar-refractivity contribution in [2.45, 2.75) is 25.2 Å². The summed E-state index contributed by atoms with van der Waals surface area (Å²) in [6.07, 6.45) is 0.740. The molecule has 2 bridgehead atoms. The van der Waals surface area contributed by atoms with Gasteiger partial charge in [0.15, 0.2) is 5.13 Å². The van der Waals surface area contributed by atoms with Gasteiger partial charge < -0.3 is 10.6 Å². The van der Waals surface area contributed by atoms with E-state index < -0.39 is 5.41 Å². The predicted molar refractivity (Wildman–Crippen MR) is 134 cm³/mol. The van der Waals surface area contributed by atoms with Gasteiger partial charge in [-0.25, -0.2) is 4.98 Å². The van der Waals surface area contributed by atoms with Crippen molar-refractivity contribution in [1.29, 1.82) is 0 Å². The average Bonchev–Trinajstić information content (AvgIpc) is 3.33. The highest BCUT2D eigenvalue weighted by Crippen LogP contribution is 2.61. The van der Waals surface area contributed by atoms with Gasteiger partial charge in [0, 0.05) is 22.9 Å². The first kappa shape index (κ1) is 20.8. The molecule has 3 aliphatic carbocycles. The van der Waals surface area contributed by atoms with Gasteiger partial charge in [-0.15, -0.1) is 11.3 Å². The lowest BCUT2D eigenvalue weighted by molar-refractivity contribution is -0.126. The smallest absolute Gasteiger partial charge is 0.275 e. The molecule has 0 saturated carbocycles. The van der Waals surface area contributed by atoms with Crippen molar-refractivity contribution in [1.82, 2.24) is 4.98 Å². The van der Waals surface area contributed by atoms with Gasteiger partial charge in [-0.2, -0.15) is 0 Å².